The maximum Gasteiger partial charge on any atom is 0.371 e. The number of carbonyl (C=O) groups is 1. The molecule has 4 nitrogen and oxygen atoms in total. The van der Waals surface area contributed by atoms with E-state index in [0.717, 1.165) is 24.3 Å². The Morgan fingerprint density at radius 1 is 1.44 bits per heavy atom. The molecule has 100 valence electrons. The predicted octanol–water partition coefficient (Wildman–Crippen LogP) is 3.38. The van der Waals surface area contributed by atoms with Gasteiger partial charge in [0, 0.05) is 5.56 Å². The minimum absolute atomic E-state index is 0.0108. The number of aromatic carboxylic acids is 1. The molecule has 4 heteroatoms. The van der Waals surface area contributed by atoms with Crippen molar-refractivity contribution < 1.29 is 19.1 Å². The lowest BCUT2D eigenvalue weighted by atomic mass is 9.89. The van der Waals surface area contributed by atoms with Gasteiger partial charge in [0.2, 0.25) is 5.76 Å². The van der Waals surface area contributed by atoms with Crippen LogP contribution >= 0.6 is 0 Å². The first kappa shape index (κ1) is 13.1. The van der Waals surface area contributed by atoms with Crippen LogP contribution in [0.2, 0.25) is 0 Å². The SMILES string of the molecule is Cc1oc(C(=O)O)cc1COC1CCC(C)CC1. The third-order valence-electron chi connectivity index (χ3n) is 3.67. The molecule has 1 saturated carbocycles. The van der Waals surface area contributed by atoms with Crippen LogP contribution in [0, 0.1) is 12.8 Å². The van der Waals surface area contributed by atoms with E-state index in [1.54, 1.807) is 13.0 Å². The van der Waals surface area contributed by atoms with Crippen LogP contribution in [0.25, 0.3) is 0 Å². The van der Waals surface area contributed by atoms with Crippen molar-refractivity contribution in [3.05, 3.63) is 23.2 Å². The van der Waals surface area contributed by atoms with Gasteiger partial charge in [0.15, 0.2) is 0 Å². The molecule has 0 unspecified atom stereocenters. The molecule has 0 aromatic carbocycles. The highest BCUT2D eigenvalue weighted by Crippen LogP contribution is 2.26. The van der Waals surface area contributed by atoms with Gasteiger partial charge in [0.1, 0.15) is 5.76 Å². The minimum Gasteiger partial charge on any atom is -0.475 e. The molecule has 0 spiro atoms. The molecule has 1 aliphatic rings. The molecule has 1 fully saturated rings. The summed E-state index contributed by atoms with van der Waals surface area (Å²) in [5.41, 5.74) is 0.839. The van der Waals surface area contributed by atoms with E-state index in [1.165, 1.54) is 12.8 Å². The Morgan fingerprint density at radius 2 is 2.11 bits per heavy atom. The normalized spacial score (nSPS) is 24.1. The van der Waals surface area contributed by atoms with Crippen LogP contribution in [0.1, 0.15) is 54.5 Å². The number of hydrogen-bond acceptors (Lipinski definition) is 3. The van der Waals surface area contributed by atoms with Crippen LogP contribution in [0.15, 0.2) is 10.5 Å². The van der Waals surface area contributed by atoms with Crippen molar-refractivity contribution in [1.82, 2.24) is 0 Å². The third kappa shape index (κ3) is 3.13. The Balaban J connectivity index is 1.88. The molecule has 1 N–H and O–H groups in total. The minimum atomic E-state index is -1.03. The number of furan rings is 1. The van der Waals surface area contributed by atoms with E-state index >= 15 is 0 Å². The Morgan fingerprint density at radius 3 is 2.67 bits per heavy atom. The maximum absolute atomic E-state index is 10.8. The molecule has 0 saturated heterocycles. The second-order valence-electron chi connectivity index (χ2n) is 5.19. The summed E-state index contributed by atoms with van der Waals surface area (Å²) in [4.78, 5) is 10.8. The van der Waals surface area contributed by atoms with Gasteiger partial charge in [0.05, 0.1) is 12.7 Å². The average Bonchev–Trinajstić information content (AvgIpc) is 2.70. The first-order valence-electron chi connectivity index (χ1n) is 6.50. The molecule has 0 radical (unpaired) electrons. The number of hydrogen-bond donors (Lipinski definition) is 1. The van der Waals surface area contributed by atoms with Gasteiger partial charge in [0.25, 0.3) is 0 Å². The summed E-state index contributed by atoms with van der Waals surface area (Å²) in [7, 11) is 0. The Hall–Kier alpha value is -1.29. The summed E-state index contributed by atoms with van der Waals surface area (Å²) in [5, 5.41) is 8.83. The molecule has 2 rings (SSSR count). The van der Waals surface area contributed by atoms with Crippen LogP contribution in [0.4, 0.5) is 0 Å². The van der Waals surface area contributed by atoms with E-state index in [-0.39, 0.29) is 5.76 Å². The molecule has 1 heterocycles. The average molecular weight is 252 g/mol. The molecular formula is C14H20O4. The fourth-order valence-corrected chi connectivity index (χ4v) is 2.37. The lowest BCUT2D eigenvalue weighted by Gasteiger charge is -2.26. The van der Waals surface area contributed by atoms with Crippen molar-refractivity contribution in [2.45, 2.75) is 52.2 Å². The summed E-state index contributed by atoms with van der Waals surface area (Å²) < 4.78 is 11.0. The van der Waals surface area contributed by atoms with Crippen molar-refractivity contribution in [3.8, 4) is 0 Å². The zero-order chi connectivity index (χ0) is 13.1. The number of aryl methyl sites for hydroxylation is 1. The third-order valence-corrected chi connectivity index (χ3v) is 3.67. The Bertz CT molecular complexity index is 413. The Labute approximate surface area is 107 Å². The fourth-order valence-electron chi connectivity index (χ4n) is 2.37. The summed E-state index contributed by atoms with van der Waals surface area (Å²) in [6, 6.07) is 1.56. The molecule has 1 aromatic heterocycles. The smallest absolute Gasteiger partial charge is 0.371 e. The van der Waals surface area contributed by atoms with Crippen molar-refractivity contribution in [3.63, 3.8) is 0 Å². The Kier molecular flexibility index (Phi) is 4.07. The van der Waals surface area contributed by atoms with Gasteiger partial charge in [-0.3, -0.25) is 0 Å². The van der Waals surface area contributed by atoms with Crippen molar-refractivity contribution in [2.24, 2.45) is 5.92 Å². The zero-order valence-corrected chi connectivity index (χ0v) is 10.9. The summed E-state index contributed by atoms with van der Waals surface area (Å²) in [5.74, 6) is 0.398. The zero-order valence-electron chi connectivity index (χ0n) is 10.9. The fraction of sp³-hybridized carbons (Fsp3) is 0.643. The van der Waals surface area contributed by atoms with Crippen LogP contribution in [-0.4, -0.2) is 17.2 Å². The van der Waals surface area contributed by atoms with Gasteiger partial charge in [-0.15, -0.1) is 0 Å². The maximum atomic E-state index is 10.8. The molecule has 0 amide bonds. The number of carboxylic acids is 1. The molecule has 0 atom stereocenters. The van der Waals surface area contributed by atoms with Gasteiger partial charge >= 0.3 is 5.97 Å². The van der Waals surface area contributed by atoms with E-state index in [2.05, 4.69) is 6.92 Å². The van der Waals surface area contributed by atoms with Gasteiger partial charge in [-0.1, -0.05) is 6.92 Å². The quantitative estimate of drug-likeness (QED) is 0.892. The predicted molar refractivity (Wildman–Crippen MR) is 66.6 cm³/mol. The largest absolute Gasteiger partial charge is 0.475 e. The lowest BCUT2D eigenvalue weighted by molar-refractivity contribution is 0.00831. The van der Waals surface area contributed by atoms with Crippen molar-refractivity contribution in [1.29, 1.82) is 0 Å². The first-order chi connectivity index (χ1) is 8.56. The number of ether oxygens (including phenoxy) is 1. The summed E-state index contributed by atoms with van der Waals surface area (Å²) >= 11 is 0. The molecule has 18 heavy (non-hydrogen) atoms. The highest BCUT2D eigenvalue weighted by Gasteiger charge is 2.20. The molecule has 0 bridgehead atoms. The molecular weight excluding hydrogens is 232 g/mol. The molecule has 1 aliphatic carbocycles. The van der Waals surface area contributed by atoms with E-state index in [1.807, 2.05) is 0 Å². The number of carboxylic acid groups (broad SMARTS) is 1. The monoisotopic (exact) mass is 252 g/mol. The summed E-state index contributed by atoms with van der Waals surface area (Å²) in [6.45, 7) is 4.49. The van der Waals surface area contributed by atoms with Gasteiger partial charge < -0.3 is 14.3 Å². The second kappa shape index (κ2) is 5.57. The highest BCUT2D eigenvalue weighted by molar-refractivity contribution is 5.84. The standard InChI is InChI=1S/C14H20O4/c1-9-3-5-12(6-4-9)17-8-11-7-13(14(15)16)18-10(11)2/h7,9,12H,3-6,8H2,1-2H3,(H,15,16). The van der Waals surface area contributed by atoms with Crippen molar-refractivity contribution >= 4 is 5.97 Å². The van der Waals surface area contributed by atoms with Crippen LogP contribution < -0.4 is 0 Å². The van der Waals surface area contributed by atoms with E-state index in [9.17, 15) is 4.79 Å². The lowest BCUT2D eigenvalue weighted by Crippen LogP contribution is -2.20. The first-order valence-corrected chi connectivity index (χ1v) is 6.50. The van der Waals surface area contributed by atoms with E-state index in [4.69, 9.17) is 14.3 Å². The molecule has 0 aliphatic heterocycles. The second-order valence-corrected chi connectivity index (χ2v) is 5.19. The molecule has 1 aromatic rings. The van der Waals surface area contributed by atoms with E-state index < -0.39 is 5.97 Å². The van der Waals surface area contributed by atoms with Gasteiger partial charge in [-0.05, 0) is 44.6 Å². The number of rotatable bonds is 4. The van der Waals surface area contributed by atoms with Crippen molar-refractivity contribution in [2.75, 3.05) is 0 Å². The van der Waals surface area contributed by atoms with Gasteiger partial charge in [-0.2, -0.15) is 0 Å². The summed E-state index contributed by atoms with van der Waals surface area (Å²) in [6.07, 6.45) is 4.95. The van der Waals surface area contributed by atoms with E-state index in [0.29, 0.717) is 18.5 Å². The highest BCUT2D eigenvalue weighted by atomic mass is 16.5. The van der Waals surface area contributed by atoms with Crippen LogP contribution in [-0.2, 0) is 11.3 Å². The van der Waals surface area contributed by atoms with Gasteiger partial charge in [-0.25, -0.2) is 4.79 Å². The van der Waals surface area contributed by atoms with Crippen LogP contribution in [0.3, 0.4) is 0 Å². The van der Waals surface area contributed by atoms with Crippen LogP contribution in [0.5, 0.6) is 0 Å². The topological polar surface area (TPSA) is 59.7 Å².